The third-order valence-electron chi connectivity index (χ3n) is 3.64. The van der Waals surface area contributed by atoms with Crippen molar-refractivity contribution in [2.75, 3.05) is 4.90 Å². The minimum absolute atomic E-state index is 0.0136. The van der Waals surface area contributed by atoms with Crippen LogP contribution in [0.5, 0.6) is 5.75 Å². The molecule has 3 rings (SSSR count). The van der Waals surface area contributed by atoms with E-state index in [2.05, 4.69) is 0 Å². The second-order valence-electron chi connectivity index (χ2n) is 5.38. The molecule has 10 heteroatoms. The van der Waals surface area contributed by atoms with Crippen LogP contribution in [0.1, 0.15) is 15.9 Å². The van der Waals surface area contributed by atoms with Crippen LogP contribution in [0.3, 0.4) is 0 Å². The van der Waals surface area contributed by atoms with E-state index in [-0.39, 0.29) is 14.8 Å². The van der Waals surface area contributed by atoms with Crippen molar-refractivity contribution >= 4 is 57.6 Å². The first kappa shape index (κ1) is 18.5. The van der Waals surface area contributed by atoms with Gasteiger partial charge in [0.15, 0.2) is 10.1 Å². The average molecular weight is 402 g/mol. The van der Waals surface area contributed by atoms with E-state index < -0.39 is 28.2 Å². The SMILES string of the molecule is O=C(O)c1cccc(N2C(=O)/C(=C\c3ccc(O)c([N+](=O)[O-])c3)SC2=S)c1. The van der Waals surface area contributed by atoms with Gasteiger partial charge in [0.1, 0.15) is 0 Å². The predicted octanol–water partition coefficient (Wildman–Crippen LogP) is 3.40. The lowest BCUT2D eigenvalue weighted by molar-refractivity contribution is -0.385. The number of hydrogen-bond acceptors (Lipinski definition) is 7. The van der Waals surface area contributed by atoms with E-state index in [0.29, 0.717) is 11.3 Å². The normalized spacial score (nSPS) is 15.4. The van der Waals surface area contributed by atoms with E-state index >= 15 is 0 Å². The number of carboxylic acids is 1. The van der Waals surface area contributed by atoms with E-state index in [9.17, 15) is 24.8 Å². The van der Waals surface area contributed by atoms with Crippen LogP contribution >= 0.6 is 24.0 Å². The van der Waals surface area contributed by atoms with Crippen molar-refractivity contribution in [1.29, 1.82) is 0 Å². The fraction of sp³-hybridized carbons (Fsp3) is 0. The Morgan fingerprint density at radius 3 is 2.67 bits per heavy atom. The number of nitro benzene ring substituents is 1. The van der Waals surface area contributed by atoms with Crippen LogP contribution in [-0.2, 0) is 4.79 Å². The molecule has 2 aromatic rings. The number of aromatic hydroxyl groups is 1. The lowest BCUT2D eigenvalue weighted by atomic mass is 10.1. The fourth-order valence-electron chi connectivity index (χ4n) is 2.40. The van der Waals surface area contributed by atoms with Gasteiger partial charge in [0, 0.05) is 6.07 Å². The van der Waals surface area contributed by atoms with Gasteiger partial charge < -0.3 is 10.2 Å². The molecule has 1 aliphatic heterocycles. The molecule has 27 heavy (non-hydrogen) atoms. The summed E-state index contributed by atoms with van der Waals surface area (Å²) in [5, 5.41) is 29.5. The molecule has 1 fully saturated rings. The predicted molar refractivity (Wildman–Crippen MR) is 104 cm³/mol. The summed E-state index contributed by atoms with van der Waals surface area (Å²) in [4.78, 5) is 35.5. The molecule has 0 radical (unpaired) electrons. The summed E-state index contributed by atoms with van der Waals surface area (Å²) in [6.07, 6.45) is 1.42. The van der Waals surface area contributed by atoms with Gasteiger partial charge in [-0.25, -0.2) is 4.79 Å². The fourth-order valence-corrected chi connectivity index (χ4v) is 3.70. The van der Waals surface area contributed by atoms with Crippen LogP contribution in [0, 0.1) is 10.1 Å². The van der Waals surface area contributed by atoms with Crippen LogP contribution in [0.15, 0.2) is 47.4 Å². The Morgan fingerprint density at radius 1 is 1.26 bits per heavy atom. The highest BCUT2D eigenvalue weighted by Gasteiger charge is 2.33. The van der Waals surface area contributed by atoms with Gasteiger partial charge in [-0.05, 0) is 35.9 Å². The molecule has 0 saturated carbocycles. The van der Waals surface area contributed by atoms with Crippen LogP contribution in [0.2, 0.25) is 0 Å². The maximum atomic E-state index is 12.7. The van der Waals surface area contributed by atoms with Gasteiger partial charge in [-0.1, -0.05) is 36.1 Å². The van der Waals surface area contributed by atoms with Crippen molar-refractivity contribution in [3.05, 3.63) is 68.6 Å². The largest absolute Gasteiger partial charge is 0.502 e. The number of amides is 1. The molecule has 2 N–H and O–H groups in total. The molecule has 0 bridgehead atoms. The number of carboxylic acid groups (broad SMARTS) is 1. The number of phenols is 1. The van der Waals surface area contributed by atoms with Gasteiger partial charge in [-0.15, -0.1) is 0 Å². The molecule has 136 valence electrons. The van der Waals surface area contributed by atoms with Gasteiger partial charge in [0.05, 0.1) is 21.1 Å². The summed E-state index contributed by atoms with van der Waals surface area (Å²) in [5.74, 6) is -2.08. The number of rotatable bonds is 4. The summed E-state index contributed by atoms with van der Waals surface area (Å²) < 4.78 is 0.210. The van der Waals surface area contributed by atoms with Gasteiger partial charge in [0.2, 0.25) is 0 Å². The first-order valence-electron chi connectivity index (χ1n) is 7.36. The Bertz CT molecular complexity index is 1030. The summed E-state index contributed by atoms with van der Waals surface area (Å²) in [6.45, 7) is 0. The van der Waals surface area contributed by atoms with Crippen molar-refractivity contribution in [3.63, 3.8) is 0 Å². The molecule has 1 saturated heterocycles. The van der Waals surface area contributed by atoms with Crippen molar-refractivity contribution in [2.24, 2.45) is 0 Å². The topological polar surface area (TPSA) is 121 Å². The monoisotopic (exact) mass is 402 g/mol. The van der Waals surface area contributed by atoms with Gasteiger partial charge in [-0.2, -0.15) is 0 Å². The summed E-state index contributed by atoms with van der Waals surface area (Å²) >= 11 is 6.21. The third-order valence-corrected chi connectivity index (χ3v) is 4.94. The zero-order valence-corrected chi connectivity index (χ0v) is 15.0. The van der Waals surface area contributed by atoms with Crippen LogP contribution in [-0.4, -0.2) is 31.3 Å². The molecule has 1 aliphatic rings. The number of aromatic carboxylic acids is 1. The first-order chi connectivity index (χ1) is 12.8. The van der Waals surface area contributed by atoms with Gasteiger partial charge in [-0.3, -0.25) is 19.8 Å². The number of benzene rings is 2. The van der Waals surface area contributed by atoms with Gasteiger partial charge >= 0.3 is 11.7 Å². The van der Waals surface area contributed by atoms with Crippen molar-refractivity contribution in [3.8, 4) is 5.75 Å². The van der Waals surface area contributed by atoms with Crippen molar-refractivity contribution in [1.82, 2.24) is 0 Å². The summed E-state index contributed by atoms with van der Waals surface area (Å²) in [6, 6.07) is 9.54. The lowest BCUT2D eigenvalue weighted by Crippen LogP contribution is -2.27. The molecule has 0 aliphatic carbocycles. The number of carbonyl (C=O) groups is 2. The maximum Gasteiger partial charge on any atom is 0.335 e. The van der Waals surface area contributed by atoms with Crippen LogP contribution < -0.4 is 4.90 Å². The average Bonchev–Trinajstić information content (AvgIpc) is 2.90. The molecule has 1 amide bonds. The van der Waals surface area contributed by atoms with E-state index in [1.54, 1.807) is 6.07 Å². The number of nitro groups is 1. The Hall–Kier alpha value is -3.24. The number of thioether (sulfide) groups is 1. The number of phenolic OH excluding ortho intramolecular Hbond substituents is 1. The van der Waals surface area contributed by atoms with E-state index in [0.717, 1.165) is 17.8 Å². The Morgan fingerprint density at radius 2 is 2.00 bits per heavy atom. The summed E-state index contributed by atoms with van der Waals surface area (Å²) in [7, 11) is 0. The number of carbonyl (C=O) groups excluding carboxylic acids is 1. The van der Waals surface area contributed by atoms with Crippen molar-refractivity contribution in [2.45, 2.75) is 0 Å². The molecular weight excluding hydrogens is 392 g/mol. The number of hydrogen-bond donors (Lipinski definition) is 2. The second-order valence-corrected chi connectivity index (χ2v) is 7.05. The minimum Gasteiger partial charge on any atom is -0.502 e. The highest BCUT2D eigenvalue weighted by atomic mass is 32.2. The smallest absolute Gasteiger partial charge is 0.335 e. The third kappa shape index (κ3) is 3.66. The Balaban J connectivity index is 1.96. The molecule has 8 nitrogen and oxygen atoms in total. The zero-order valence-electron chi connectivity index (χ0n) is 13.4. The second kappa shape index (κ2) is 7.17. The Kier molecular flexibility index (Phi) is 4.93. The van der Waals surface area contributed by atoms with Gasteiger partial charge in [0.25, 0.3) is 5.91 Å². The molecule has 2 aromatic carbocycles. The number of thiocarbonyl (C=S) groups is 1. The van der Waals surface area contributed by atoms with E-state index in [1.807, 2.05) is 0 Å². The van der Waals surface area contributed by atoms with Crippen molar-refractivity contribution < 1.29 is 24.7 Å². The number of nitrogens with zero attached hydrogens (tertiary/aromatic N) is 2. The summed E-state index contributed by atoms with van der Waals surface area (Å²) in [5.41, 5.74) is 0.199. The number of anilines is 1. The highest BCUT2D eigenvalue weighted by molar-refractivity contribution is 8.27. The molecule has 0 aromatic heterocycles. The maximum absolute atomic E-state index is 12.7. The van der Waals surface area contributed by atoms with Crippen LogP contribution in [0.25, 0.3) is 6.08 Å². The van der Waals surface area contributed by atoms with E-state index in [4.69, 9.17) is 17.3 Å². The standard InChI is InChI=1S/C17H10N2O6S2/c20-13-5-4-9(6-12(13)19(24)25)7-14-15(21)18(17(26)27-14)11-3-1-2-10(8-11)16(22)23/h1-8,20H,(H,22,23)/b14-7+. The molecular formula is C17H10N2O6S2. The molecule has 1 heterocycles. The zero-order chi connectivity index (χ0) is 19.7. The first-order valence-corrected chi connectivity index (χ1v) is 8.59. The lowest BCUT2D eigenvalue weighted by Gasteiger charge is -2.14. The van der Waals surface area contributed by atoms with Crippen LogP contribution in [0.4, 0.5) is 11.4 Å². The van der Waals surface area contributed by atoms with E-state index in [1.165, 1.54) is 41.3 Å². The highest BCUT2D eigenvalue weighted by Crippen LogP contribution is 2.37. The quantitative estimate of drug-likeness (QED) is 0.345. The molecule has 0 unspecified atom stereocenters. The minimum atomic E-state index is -1.13. The molecule has 0 spiro atoms. The molecule has 0 atom stereocenters. The Labute approximate surface area is 161 Å².